The van der Waals surface area contributed by atoms with Gasteiger partial charge >= 0.3 is 23.9 Å². The molecule has 0 saturated carbocycles. The van der Waals surface area contributed by atoms with Crippen molar-refractivity contribution in [2.75, 3.05) is 20.8 Å². The molecule has 1 aromatic carbocycles. The Morgan fingerprint density at radius 2 is 1.36 bits per heavy atom. The maximum absolute atomic E-state index is 12.0. The minimum atomic E-state index is -1.27. The van der Waals surface area contributed by atoms with Gasteiger partial charge in [0.2, 0.25) is 0 Å². The Bertz CT molecular complexity index is 881. The fraction of sp³-hybridized carbons (Fsp3) is 0.545. The van der Waals surface area contributed by atoms with E-state index in [0.29, 0.717) is 17.1 Å². The summed E-state index contributed by atoms with van der Waals surface area (Å²) in [5.41, 5.74) is 0.411. The smallest absolute Gasteiger partial charge is 0.303 e. The average Bonchev–Trinajstić information content (AvgIpc) is 2.73. The molecule has 11 heteroatoms. The van der Waals surface area contributed by atoms with E-state index in [1.165, 1.54) is 28.1 Å². The highest BCUT2D eigenvalue weighted by Gasteiger charge is 2.53. The van der Waals surface area contributed by atoms with Crippen molar-refractivity contribution in [3.63, 3.8) is 0 Å². The van der Waals surface area contributed by atoms with E-state index in [1.807, 2.05) is 0 Å². The summed E-state index contributed by atoms with van der Waals surface area (Å²) in [6, 6.07) is 4.90. The second kappa shape index (κ2) is 11.5. The van der Waals surface area contributed by atoms with Crippen molar-refractivity contribution < 1.29 is 52.3 Å². The summed E-state index contributed by atoms with van der Waals surface area (Å²) in [6.07, 6.45) is -5.86. The zero-order valence-electron chi connectivity index (χ0n) is 19.3. The molecular formula is C22H28O11. The van der Waals surface area contributed by atoms with E-state index in [4.69, 9.17) is 33.2 Å². The molecule has 2 rings (SSSR count). The van der Waals surface area contributed by atoms with Gasteiger partial charge in [-0.2, -0.15) is 0 Å². The molecule has 0 amide bonds. The Kier molecular flexibility index (Phi) is 9.03. The summed E-state index contributed by atoms with van der Waals surface area (Å²) < 4.78 is 38.3. The van der Waals surface area contributed by atoms with Gasteiger partial charge in [0.1, 0.15) is 30.3 Å². The lowest BCUT2D eigenvalue weighted by atomic mass is 9.90. The van der Waals surface area contributed by atoms with E-state index in [0.717, 1.165) is 13.8 Å². The molecule has 0 aliphatic carbocycles. The maximum atomic E-state index is 12.0. The first-order valence-electron chi connectivity index (χ1n) is 10.1. The fourth-order valence-corrected chi connectivity index (χ4v) is 3.54. The van der Waals surface area contributed by atoms with Gasteiger partial charge < -0.3 is 33.2 Å². The molecule has 0 spiro atoms. The third-order valence-corrected chi connectivity index (χ3v) is 4.73. The molecule has 1 aliphatic heterocycles. The summed E-state index contributed by atoms with van der Waals surface area (Å²) in [6.45, 7) is 4.38. The predicted octanol–water partition coefficient (Wildman–Crippen LogP) is 1.50. The van der Waals surface area contributed by atoms with Crippen molar-refractivity contribution in [3.05, 3.63) is 23.8 Å². The summed E-state index contributed by atoms with van der Waals surface area (Å²) in [7, 11) is 2.91. The lowest BCUT2D eigenvalue weighted by Crippen LogP contribution is -2.59. The second-order valence-corrected chi connectivity index (χ2v) is 7.23. The van der Waals surface area contributed by atoms with Crippen LogP contribution in [0.2, 0.25) is 0 Å². The fourth-order valence-electron chi connectivity index (χ4n) is 3.54. The van der Waals surface area contributed by atoms with Crippen molar-refractivity contribution in [1.82, 2.24) is 0 Å². The Morgan fingerprint density at radius 3 is 1.88 bits per heavy atom. The molecule has 1 aromatic rings. The molecule has 0 radical (unpaired) electrons. The lowest BCUT2D eigenvalue weighted by Gasteiger charge is -2.44. The standard InChI is InChI=1S/C22H28O11/c1-11(23)29-10-18-20(30-12(2)24)22(32-14(4)26)21(31-13(3)25)19(33-18)16-9-15(27-5)7-8-17(16)28-6/h7-9,18-22H,10H2,1-6H3/t18-,19+,20-,21+,22+/m1/s1. The molecular weight excluding hydrogens is 440 g/mol. The Labute approximate surface area is 191 Å². The maximum Gasteiger partial charge on any atom is 0.303 e. The van der Waals surface area contributed by atoms with Crippen LogP contribution >= 0.6 is 0 Å². The van der Waals surface area contributed by atoms with Crippen LogP contribution in [0, 0.1) is 0 Å². The summed E-state index contributed by atoms with van der Waals surface area (Å²) in [4.78, 5) is 47.2. The highest BCUT2D eigenvalue weighted by molar-refractivity contribution is 5.69. The summed E-state index contributed by atoms with van der Waals surface area (Å²) >= 11 is 0. The molecule has 1 heterocycles. The molecule has 1 saturated heterocycles. The van der Waals surface area contributed by atoms with Crippen LogP contribution in [0.1, 0.15) is 39.4 Å². The molecule has 5 atom stereocenters. The van der Waals surface area contributed by atoms with Gasteiger partial charge in [-0.15, -0.1) is 0 Å². The van der Waals surface area contributed by atoms with Gasteiger partial charge in [-0.05, 0) is 18.2 Å². The number of esters is 4. The molecule has 182 valence electrons. The molecule has 1 fully saturated rings. The number of carbonyl (C=O) groups excluding carboxylic acids is 4. The molecule has 0 aromatic heterocycles. The summed E-state index contributed by atoms with van der Waals surface area (Å²) in [5, 5.41) is 0. The number of hydrogen-bond donors (Lipinski definition) is 0. The zero-order chi connectivity index (χ0) is 24.7. The van der Waals surface area contributed by atoms with Crippen LogP contribution in [0.15, 0.2) is 18.2 Å². The average molecular weight is 468 g/mol. The van der Waals surface area contributed by atoms with Crippen LogP contribution in [-0.4, -0.2) is 69.1 Å². The van der Waals surface area contributed by atoms with Crippen molar-refractivity contribution in [1.29, 1.82) is 0 Å². The summed E-state index contributed by atoms with van der Waals surface area (Å²) in [5.74, 6) is -1.86. The minimum Gasteiger partial charge on any atom is -0.497 e. The third kappa shape index (κ3) is 6.82. The van der Waals surface area contributed by atoms with Crippen LogP contribution < -0.4 is 9.47 Å². The van der Waals surface area contributed by atoms with Gasteiger partial charge in [0.25, 0.3) is 0 Å². The van der Waals surface area contributed by atoms with Crippen LogP contribution in [0.5, 0.6) is 11.5 Å². The number of hydrogen-bond acceptors (Lipinski definition) is 11. The van der Waals surface area contributed by atoms with Crippen molar-refractivity contribution in [2.45, 2.75) is 58.2 Å². The van der Waals surface area contributed by atoms with E-state index in [9.17, 15) is 19.2 Å². The first kappa shape index (κ1) is 25.9. The van der Waals surface area contributed by atoms with E-state index in [-0.39, 0.29) is 6.61 Å². The Morgan fingerprint density at radius 1 is 0.788 bits per heavy atom. The number of methoxy groups -OCH3 is 2. The minimum absolute atomic E-state index is 0.319. The second-order valence-electron chi connectivity index (χ2n) is 7.23. The SMILES string of the molecule is COc1ccc(OC)c([C@@H]2O[C@H](COC(C)=O)[C@@H](OC(C)=O)[C@H](OC(C)=O)[C@H]2OC(C)=O)c1. The predicted molar refractivity (Wildman–Crippen MR) is 110 cm³/mol. The monoisotopic (exact) mass is 468 g/mol. The van der Waals surface area contributed by atoms with E-state index in [2.05, 4.69) is 0 Å². The van der Waals surface area contributed by atoms with Gasteiger partial charge in [0.15, 0.2) is 18.3 Å². The molecule has 0 unspecified atom stereocenters. The third-order valence-electron chi connectivity index (χ3n) is 4.73. The van der Waals surface area contributed by atoms with Crippen LogP contribution in [-0.2, 0) is 42.9 Å². The number of rotatable bonds is 8. The van der Waals surface area contributed by atoms with Crippen molar-refractivity contribution in [2.24, 2.45) is 0 Å². The van der Waals surface area contributed by atoms with Crippen molar-refractivity contribution >= 4 is 23.9 Å². The van der Waals surface area contributed by atoms with E-state index in [1.54, 1.807) is 18.2 Å². The normalized spacial score (nSPS) is 24.2. The van der Waals surface area contributed by atoms with Gasteiger partial charge in [0, 0.05) is 33.3 Å². The van der Waals surface area contributed by atoms with Gasteiger partial charge in [0.05, 0.1) is 14.2 Å². The number of benzene rings is 1. The van der Waals surface area contributed by atoms with Crippen molar-refractivity contribution in [3.8, 4) is 11.5 Å². The topological polar surface area (TPSA) is 133 Å². The highest BCUT2D eigenvalue weighted by atomic mass is 16.7. The van der Waals surface area contributed by atoms with Gasteiger partial charge in [-0.3, -0.25) is 19.2 Å². The van der Waals surface area contributed by atoms with E-state index >= 15 is 0 Å². The largest absolute Gasteiger partial charge is 0.497 e. The van der Waals surface area contributed by atoms with Gasteiger partial charge in [-0.25, -0.2) is 0 Å². The number of ether oxygens (including phenoxy) is 7. The molecule has 1 aliphatic rings. The van der Waals surface area contributed by atoms with E-state index < -0.39 is 54.4 Å². The number of carbonyl (C=O) groups is 4. The molecule has 0 N–H and O–H groups in total. The van der Waals surface area contributed by atoms with Crippen LogP contribution in [0.4, 0.5) is 0 Å². The van der Waals surface area contributed by atoms with Crippen LogP contribution in [0.25, 0.3) is 0 Å². The first-order chi connectivity index (χ1) is 15.6. The first-order valence-corrected chi connectivity index (χ1v) is 10.1. The quantitative estimate of drug-likeness (QED) is 0.406. The molecule has 33 heavy (non-hydrogen) atoms. The highest BCUT2D eigenvalue weighted by Crippen LogP contribution is 2.42. The van der Waals surface area contributed by atoms with Gasteiger partial charge in [-0.1, -0.05) is 0 Å². The molecule has 0 bridgehead atoms. The lowest BCUT2D eigenvalue weighted by molar-refractivity contribution is -0.254. The Balaban J connectivity index is 2.65. The Hall–Kier alpha value is -3.34. The molecule has 11 nitrogen and oxygen atoms in total. The van der Waals surface area contributed by atoms with Crippen LogP contribution in [0.3, 0.4) is 0 Å². The zero-order valence-corrected chi connectivity index (χ0v) is 19.3.